The Labute approximate surface area is 288 Å². The molecule has 0 unspecified atom stereocenters. The zero-order valence-electron chi connectivity index (χ0n) is 27.4. The molecule has 0 aliphatic carbocycles. The quantitative estimate of drug-likeness (QED) is 0.0454. The monoisotopic (exact) mass is 666 g/mol. The summed E-state index contributed by atoms with van der Waals surface area (Å²) in [5.41, 5.74) is 15.3. The van der Waals surface area contributed by atoms with Crippen molar-refractivity contribution in [2.24, 2.45) is 20.5 Å². The predicted octanol–water partition coefficient (Wildman–Crippen LogP) is 7.76. The van der Waals surface area contributed by atoms with E-state index in [2.05, 4.69) is 51.3 Å². The predicted molar refractivity (Wildman–Crippen MR) is 193 cm³/mol. The van der Waals surface area contributed by atoms with Gasteiger partial charge in [-0.25, -0.2) is 9.13 Å². The minimum Gasteiger partial charge on any atom is -0.506 e. The van der Waals surface area contributed by atoms with Crippen molar-refractivity contribution in [3.63, 3.8) is 0 Å². The number of aromatic hydroxyl groups is 2. The highest BCUT2D eigenvalue weighted by Crippen LogP contribution is 2.39. The van der Waals surface area contributed by atoms with Gasteiger partial charge in [0.05, 0.1) is 22.7 Å². The molecule has 0 aliphatic heterocycles. The molecule has 0 saturated carbocycles. The summed E-state index contributed by atoms with van der Waals surface area (Å²) in [7, 11) is 0. The topological polar surface area (TPSA) is 160 Å². The van der Waals surface area contributed by atoms with Gasteiger partial charge in [0.1, 0.15) is 36.0 Å². The van der Waals surface area contributed by atoms with E-state index in [1.165, 1.54) is 0 Å². The first kappa shape index (κ1) is 32.0. The van der Waals surface area contributed by atoms with Crippen LogP contribution < -0.4 is 20.6 Å². The number of nitrogen functional groups attached to an aromatic ring is 2. The van der Waals surface area contributed by atoms with Gasteiger partial charge in [0.2, 0.25) is 0 Å². The van der Waals surface area contributed by atoms with Gasteiger partial charge < -0.3 is 21.7 Å². The Kier molecular flexibility index (Phi) is 9.14. The third-order valence-corrected chi connectivity index (χ3v) is 8.66. The fourth-order valence-electron chi connectivity index (χ4n) is 6.02. The number of hydrogen-bond acceptors (Lipinski definition) is 8. The number of nitrogens with zero attached hydrogens (tertiary/aromatic N) is 8. The number of anilines is 2. The Morgan fingerprint density at radius 1 is 0.540 bits per heavy atom. The third kappa shape index (κ3) is 6.99. The number of aromatic nitrogens is 4. The Hall–Kier alpha value is -6.56. The molecule has 0 radical (unpaired) electrons. The lowest BCUT2D eigenvalue weighted by atomic mass is 10.1. The maximum absolute atomic E-state index is 10.3. The van der Waals surface area contributed by atoms with E-state index >= 15 is 0 Å². The van der Waals surface area contributed by atoms with Gasteiger partial charge in [-0.05, 0) is 12.1 Å². The van der Waals surface area contributed by atoms with Crippen LogP contribution in [0.1, 0.15) is 12.8 Å². The van der Waals surface area contributed by atoms with Gasteiger partial charge in [-0.2, -0.15) is 0 Å². The molecule has 0 spiro atoms. The molecule has 0 saturated heterocycles. The molecule has 0 fully saturated rings. The normalized spacial score (nSPS) is 11.8. The number of azo groups is 2. The van der Waals surface area contributed by atoms with E-state index in [0.29, 0.717) is 22.7 Å². The van der Waals surface area contributed by atoms with E-state index in [1.54, 1.807) is 12.1 Å². The number of benzene rings is 4. The molecule has 3 aromatic heterocycles. The summed E-state index contributed by atoms with van der Waals surface area (Å²) in [5, 5.41) is 41.4. The van der Waals surface area contributed by atoms with Crippen LogP contribution in [0.15, 0.2) is 143 Å². The molecule has 7 rings (SSSR count). The maximum Gasteiger partial charge on any atom is 0.196 e. The summed E-state index contributed by atoms with van der Waals surface area (Å²) < 4.78 is 8.70. The smallest absolute Gasteiger partial charge is 0.196 e. The van der Waals surface area contributed by atoms with E-state index in [0.717, 1.165) is 71.9 Å². The minimum atomic E-state index is -0.00592. The van der Waals surface area contributed by atoms with Crippen molar-refractivity contribution in [2.45, 2.75) is 39.0 Å². The molecule has 4 aromatic carbocycles. The number of phenols is 2. The molecule has 12 nitrogen and oxygen atoms in total. The number of aryl methyl sites for hydroxylation is 4. The number of phenolic OH excluding ortho intramolecular Hbond substituents is 2. The first-order valence-corrected chi connectivity index (χ1v) is 16.5. The van der Waals surface area contributed by atoms with E-state index in [9.17, 15) is 10.2 Å². The lowest BCUT2D eigenvalue weighted by Gasteiger charge is -2.20. The Bertz CT molecular complexity index is 2190. The van der Waals surface area contributed by atoms with Crippen molar-refractivity contribution in [1.29, 1.82) is 0 Å². The second kappa shape index (κ2) is 14.3. The van der Waals surface area contributed by atoms with Crippen molar-refractivity contribution in [3.05, 3.63) is 122 Å². The van der Waals surface area contributed by atoms with Crippen molar-refractivity contribution in [2.75, 3.05) is 11.5 Å². The summed E-state index contributed by atoms with van der Waals surface area (Å²) in [6.07, 6.45) is 14.1. The average Bonchev–Trinajstić information content (AvgIpc) is 3.13. The van der Waals surface area contributed by atoms with Crippen LogP contribution >= 0.6 is 0 Å². The first-order chi connectivity index (χ1) is 24.4. The highest BCUT2D eigenvalue weighted by Gasteiger charge is 2.12. The summed E-state index contributed by atoms with van der Waals surface area (Å²) in [4.78, 5) is 0. The zero-order chi connectivity index (χ0) is 34.5. The van der Waals surface area contributed by atoms with E-state index in [-0.39, 0.29) is 11.5 Å². The summed E-state index contributed by atoms with van der Waals surface area (Å²) in [6.45, 7) is 3.45. The van der Waals surface area contributed by atoms with Crippen LogP contribution in [0.2, 0.25) is 0 Å². The molecule has 7 aromatic rings. The highest BCUT2D eigenvalue weighted by atomic mass is 16.3. The Morgan fingerprint density at radius 3 is 1.38 bits per heavy atom. The molecule has 250 valence electrons. The van der Waals surface area contributed by atoms with Crippen LogP contribution in [0.4, 0.5) is 34.1 Å². The third-order valence-electron chi connectivity index (χ3n) is 8.66. The summed E-state index contributed by atoms with van der Waals surface area (Å²) in [6, 6.07) is 26.0. The largest absolute Gasteiger partial charge is 0.506 e. The fourth-order valence-corrected chi connectivity index (χ4v) is 6.02. The lowest BCUT2D eigenvalue weighted by Crippen LogP contribution is -2.34. The van der Waals surface area contributed by atoms with Crippen molar-refractivity contribution < 1.29 is 19.3 Å². The molecular formula is C38H38N10O2+2. The maximum atomic E-state index is 10.3. The van der Waals surface area contributed by atoms with Gasteiger partial charge in [0, 0.05) is 84.1 Å². The van der Waals surface area contributed by atoms with Crippen molar-refractivity contribution in [1.82, 2.24) is 9.36 Å². The van der Waals surface area contributed by atoms with Crippen LogP contribution in [-0.2, 0) is 26.2 Å². The van der Waals surface area contributed by atoms with Gasteiger partial charge >= 0.3 is 0 Å². The standard InChI is InChI=1S/C38H36N10O2/c39-37-31-13-3-1-11-29(31)33(23-35(37)49)43-41-27-9-5-15-45(25-27)17-7-19-47-21-22-48(47)20-8-18-46-16-6-10-28(26-46)42-44-34-24-36(50)38(40)32-14-4-2-12-30(32)34/h1-6,9-16,21-26H,7-8,17-20H2,(H4-2,39,40,41,42,43,44,49,50)/p+2. The summed E-state index contributed by atoms with van der Waals surface area (Å²) >= 11 is 0. The molecule has 50 heavy (non-hydrogen) atoms. The van der Waals surface area contributed by atoms with Crippen LogP contribution in [0.3, 0.4) is 0 Å². The Morgan fingerprint density at radius 2 is 0.960 bits per heavy atom. The van der Waals surface area contributed by atoms with Crippen molar-refractivity contribution >= 4 is 55.7 Å². The number of fused-ring (bicyclic) bond motifs is 2. The SMILES string of the molecule is Nc1c(O)cc(N=Nc2ccc[n+](CCCn3ccn3CCC[n+]3cccc(N=Nc4cc(O)c(N)c5ccccc45)c3)c2)c2ccccc12. The molecule has 3 heterocycles. The second-order valence-corrected chi connectivity index (χ2v) is 12.1. The fraction of sp³-hybridized carbons (Fsp3) is 0.158. The van der Waals surface area contributed by atoms with Gasteiger partial charge in [-0.15, -0.1) is 20.5 Å². The molecule has 12 heteroatoms. The second-order valence-electron chi connectivity index (χ2n) is 12.1. The van der Waals surface area contributed by atoms with Crippen LogP contribution in [-0.4, -0.2) is 19.6 Å². The van der Waals surface area contributed by atoms with Crippen LogP contribution in [0.25, 0.3) is 21.5 Å². The summed E-state index contributed by atoms with van der Waals surface area (Å²) in [5.74, 6) is -0.0118. The van der Waals surface area contributed by atoms with E-state index < -0.39 is 0 Å². The van der Waals surface area contributed by atoms with Gasteiger partial charge in [-0.1, -0.05) is 48.5 Å². The lowest BCUT2D eigenvalue weighted by molar-refractivity contribution is -0.697. The van der Waals surface area contributed by atoms with Crippen LogP contribution in [0.5, 0.6) is 11.5 Å². The molecule has 0 atom stereocenters. The Balaban J connectivity index is 0.907. The molecular weight excluding hydrogens is 628 g/mol. The number of rotatable bonds is 12. The van der Waals surface area contributed by atoms with Crippen molar-refractivity contribution in [3.8, 4) is 11.5 Å². The van der Waals surface area contributed by atoms with Gasteiger partial charge in [0.15, 0.2) is 24.8 Å². The average molecular weight is 667 g/mol. The number of hydrogen-bond donors (Lipinski definition) is 4. The van der Waals surface area contributed by atoms with E-state index in [1.807, 2.05) is 97.6 Å². The highest BCUT2D eigenvalue weighted by molar-refractivity contribution is 6.03. The van der Waals surface area contributed by atoms with Gasteiger partial charge in [0.25, 0.3) is 0 Å². The van der Waals surface area contributed by atoms with Gasteiger partial charge in [-0.3, -0.25) is 9.36 Å². The molecule has 0 amide bonds. The zero-order valence-corrected chi connectivity index (χ0v) is 27.4. The molecule has 6 N–H and O–H groups in total. The number of pyridine rings is 2. The number of nitrogens with two attached hydrogens (primary N) is 2. The first-order valence-electron chi connectivity index (χ1n) is 16.5. The van der Waals surface area contributed by atoms with E-state index in [4.69, 9.17) is 11.5 Å². The van der Waals surface area contributed by atoms with Crippen LogP contribution in [0, 0.1) is 0 Å². The molecule has 0 bridgehead atoms. The minimum absolute atomic E-state index is 0.00592. The molecule has 0 aliphatic rings.